The van der Waals surface area contributed by atoms with Crippen molar-refractivity contribution in [3.8, 4) is 22.5 Å². The van der Waals surface area contributed by atoms with Gasteiger partial charge in [0.15, 0.2) is 0 Å². The van der Waals surface area contributed by atoms with Gasteiger partial charge >= 0.3 is 5.97 Å². The lowest BCUT2D eigenvalue weighted by Crippen LogP contribution is -2.01. The highest BCUT2D eigenvalue weighted by Crippen LogP contribution is 2.29. The van der Waals surface area contributed by atoms with E-state index in [1.807, 2.05) is 66.7 Å². The Kier molecular flexibility index (Phi) is 3.56. The van der Waals surface area contributed by atoms with Gasteiger partial charge in [0.2, 0.25) is 0 Å². The highest BCUT2D eigenvalue weighted by molar-refractivity contribution is 5.98. The minimum Gasteiger partial charge on any atom is -0.465 e. The maximum Gasteiger partial charge on any atom is 0.340 e. The van der Waals surface area contributed by atoms with Gasteiger partial charge in [-0.05, 0) is 17.2 Å². The van der Waals surface area contributed by atoms with E-state index in [0.29, 0.717) is 5.56 Å². The van der Waals surface area contributed by atoms with Crippen LogP contribution in [0.3, 0.4) is 0 Å². The molecule has 0 saturated heterocycles. The summed E-state index contributed by atoms with van der Waals surface area (Å²) in [4.78, 5) is 15.3. The molecule has 0 bridgehead atoms. The fraction of sp³-hybridized carbons (Fsp3) is 0.0556. The molecule has 3 nitrogen and oxygen atoms in total. The summed E-state index contributed by atoms with van der Waals surface area (Å²) in [7, 11) is 1.40. The summed E-state index contributed by atoms with van der Waals surface area (Å²) >= 11 is 0. The van der Waals surface area contributed by atoms with E-state index in [1.54, 1.807) is 0 Å². The zero-order chi connectivity index (χ0) is 14.7. The molecule has 0 aliphatic carbocycles. The van der Waals surface area contributed by atoms with E-state index in [0.717, 1.165) is 22.5 Å². The number of methoxy groups -OCH3 is 1. The molecule has 0 aliphatic heterocycles. The third kappa shape index (κ3) is 2.58. The Morgan fingerprint density at radius 2 is 1.48 bits per heavy atom. The number of esters is 1. The van der Waals surface area contributed by atoms with Gasteiger partial charge in [-0.15, -0.1) is 0 Å². The van der Waals surface area contributed by atoms with E-state index < -0.39 is 0 Å². The van der Waals surface area contributed by atoms with Crippen molar-refractivity contribution in [2.75, 3.05) is 7.11 Å². The van der Waals surface area contributed by atoms with Crippen LogP contribution in [0, 0.1) is 0 Å². The SMILES string of the molecule is COC(=O)c1cc(-c2ccccc2)[nH]c1-c1ccccc1. The lowest BCUT2D eigenvalue weighted by atomic mass is 10.1. The minimum absolute atomic E-state index is 0.340. The molecule has 0 radical (unpaired) electrons. The summed E-state index contributed by atoms with van der Waals surface area (Å²) in [5.74, 6) is -0.340. The number of hydrogen-bond acceptors (Lipinski definition) is 2. The Balaban J connectivity index is 2.14. The van der Waals surface area contributed by atoms with E-state index in [2.05, 4.69) is 4.98 Å². The number of ether oxygens (including phenoxy) is 1. The number of rotatable bonds is 3. The quantitative estimate of drug-likeness (QED) is 0.731. The second-order valence-corrected chi connectivity index (χ2v) is 4.70. The highest BCUT2D eigenvalue weighted by atomic mass is 16.5. The van der Waals surface area contributed by atoms with Crippen molar-refractivity contribution >= 4 is 5.97 Å². The van der Waals surface area contributed by atoms with Crippen LogP contribution in [0.25, 0.3) is 22.5 Å². The third-order valence-corrected chi connectivity index (χ3v) is 3.37. The highest BCUT2D eigenvalue weighted by Gasteiger charge is 2.17. The van der Waals surface area contributed by atoms with Crippen LogP contribution >= 0.6 is 0 Å². The van der Waals surface area contributed by atoms with Gasteiger partial charge < -0.3 is 9.72 Å². The van der Waals surface area contributed by atoms with Crippen molar-refractivity contribution in [1.82, 2.24) is 4.98 Å². The molecule has 0 aliphatic rings. The molecule has 3 aromatic rings. The van der Waals surface area contributed by atoms with Gasteiger partial charge in [-0.2, -0.15) is 0 Å². The van der Waals surface area contributed by atoms with Gasteiger partial charge in [0, 0.05) is 5.69 Å². The lowest BCUT2D eigenvalue weighted by molar-refractivity contribution is 0.0602. The van der Waals surface area contributed by atoms with Crippen LogP contribution in [0.4, 0.5) is 0 Å². The normalized spacial score (nSPS) is 10.3. The Morgan fingerprint density at radius 3 is 2.05 bits per heavy atom. The number of H-pyrrole nitrogens is 1. The number of benzene rings is 2. The summed E-state index contributed by atoms with van der Waals surface area (Å²) in [6, 6.07) is 21.5. The van der Waals surface area contributed by atoms with Crippen LogP contribution in [-0.2, 0) is 4.74 Å². The lowest BCUT2D eigenvalue weighted by Gasteiger charge is -2.02. The van der Waals surface area contributed by atoms with Crippen LogP contribution in [0.5, 0.6) is 0 Å². The zero-order valence-corrected chi connectivity index (χ0v) is 11.7. The first-order valence-corrected chi connectivity index (χ1v) is 6.72. The molecular formula is C18H15NO2. The summed E-state index contributed by atoms with van der Waals surface area (Å²) < 4.78 is 4.89. The average Bonchev–Trinajstić information content (AvgIpc) is 3.01. The van der Waals surface area contributed by atoms with Gasteiger partial charge in [-0.1, -0.05) is 60.7 Å². The number of aromatic amines is 1. The van der Waals surface area contributed by atoms with Crippen LogP contribution in [0.15, 0.2) is 66.7 Å². The van der Waals surface area contributed by atoms with E-state index in [-0.39, 0.29) is 5.97 Å². The molecule has 1 N–H and O–H groups in total. The molecule has 104 valence electrons. The molecule has 3 heteroatoms. The first kappa shape index (κ1) is 13.2. The molecule has 1 aromatic heterocycles. The fourth-order valence-electron chi connectivity index (χ4n) is 2.33. The molecular weight excluding hydrogens is 262 g/mol. The first-order valence-electron chi connectivity index (χ1n) is 6.72. The van der Waals surface area contributed by atoms with E-state index in [1.165, 1.54) is 7.11 Å². The van der Waals surface area contributed by atoms with Gasteiger partial charge in [-0.3, -0.25) is 0 Å². The topological polar surface area (TPSA) is 42.1 Å². The summed E-state index contributed by atoms with van der Waals surface area (Å²) in [5.41, 5.74) is 4.21. The van der Waals surface area contributed by atoms with E-state index >= 15 is 0 Å². The molecule has 0 spiro atoms. The smallest absolute Gasteiger partial charge is 0.340 e. The maximum atomic E-state index is 12.0. The number of carbonyl (C=O) groups excluding carboxylic acids is 1. The Hall–Kier alpha value is -2.81. The van der Waals surface area contributed by atoms with Crippen molar-refractivity contribution in [3.05, 3.63) is 72.3 Å². The van der Waals surface area contributed by atoms with Crippen molar-refractivity contribution in [3.63, 3.8) is 0 Å². The molecule has 21 heavy (non-hydrogen) atoms. The molecule has 0 saturated carbocycles. The summed E-state index contributed by atoms with van der Waals surface area (Å²) in [6.07, 6.45) is 0. The van der Waals surface area contributed by atoms with E-state index in [9.17, 15) is 4.79 Å². The Labute approximate surface area is 123 Å². The predicted octanol–water partition coefficient (Wildman–Crippen LogP) is 4.14. The Bertz CT molecular complexity index is 745. The number of hydrogen-bond donors (Lipinski definition) is 1. The molecule has 0 amide bonds. The number of aromatic nitrogens is 1. The maximum absolute atomic E-state index is 12.0. The average molecular weight is 277 g/mol. The molecule has 2 aromatic carbocycles. The second kappa shape index (κ2) is 5.67. The fourth-order valence-corrected chi connectivity index (χ4v) is 2.33. The molecule has 1 heterocycles. The van der Waals surface area contributed by atoms with Crippen LogP contribution in [0.1, 0.15) is 10.4 Å². The molecule has 0 atom stereocenters. The zero-order valence-electron chi connectivity index (χ0n) is 11.7. The standard InChI is InChI=1S/C18H15NO2/c1-21-18(20)15-12-16(13-8-4-2-5-9-13)19-17(15)14-10-6-3-7-11-14/h2-12,19H,1H3. The number of carbonyl (C=O) groups is 1. The Morgan fingerprint density at radius 1 is 0.905 bits per heavy atom. The van der Waals surface area contributed by atoms with Crippen molar-refractivity contribution < 1.29 is 9.53 Å². The first-order chi connectivity index (χ1) is 10.3. The third-order valence-electron chi connectivity index (χ3n) is 3.37. The van der Waals surface area contributed by atoms with Gasteiger partial charge in [0.25, 0.3) is 0 Å². The minimum atomic E-state index is -0.340. The summed E-state index contributed by atoms with van der Waals surface area (Å²) in [6.45, 7) is 0. The molecule has 3 rings (SSSR count). The summed E-state index contributed by atoms with van der Waals surface area (Å²) in [5, 5.41) is 0. The van der Waals surface area contributed by atoms with Gasteiger partial charge in [-0.25, -0.2) is 4.79 Å². The number of nitrogens with one attached hydrogen (secondary N) is 1. The monoisotopic (exact) mass is 277 g/mol. The largest absolute Gasteiger partial charge is 0.465 e. The van der Waals surface area contributed by atoms with Gasteiger partial charge in [0.05, 0.1) is 18.4 Å². The van der Waals surface area contributed by atoms with Crippen LogP contribution in [-0.4, -0.2) is 18.1 Å². The van der Waals surface area contributed by atoms with Crippen LogP contribution in [0.2, 0.25) is 0 Å². The van der Waals surface area contributed by atoms with Crippen molar-refractivity contribution in [2.45, 2.75) is 0 Å². The predicted molar refractivity (Wildman–Crippen MR) is 83.0 cm³/mol. The molecule has 0 fully saturated rings. The van der Waals surface area contributed by atoms with Crippen LogP contribution < -0.4 is 0 Å². The molecule has 0 unspecified atom stereocenters. The second-order valence-electron chi connectivity index (χ2n) is 4.70. The van der Waals surface area contributed by atoms with Crippen molar-refractivity contribution in [1.29, 1.82) is 0 Å². The van der Waals surface area contributed by atoms with Gasteiger partial charge in [0.1, 0.15) is 0 Å². The van der Waals surface area contributed by atoms with Crippen molar-refractivity contribution in [2.24, 2.45) is 0 Å². The van der Waals surface area contributed by atoms with E-state index in [4.69, 9.17) is 4.74 Å².